The number of hydrogen-bond acceptors (Lipinski definition) is 5. The highest BCUT2D eigenvalue weighted by molar-refractivity contribution is 5.76. The van der Waals surface area contributed by atoms with Crippen LogP contribution in [-0.4, -0.2) is 47.4 Å². The van der Waals surface area contributed by atoms with Crippen molar-refractivity contribution in [3.63, 3.8) is 0 Å². The smallest absolute Gasteiger partial charge is 0.305 e. The van der Waals surface area contributed by atoms with Crippen molar-refractivity contribution in [2.45, 2.75) is 411 Å². The molecule has 0 aromatic rings. The van der Waals surface area contributed by atoms with Crippen LogP contribution in [0.15, 0.2) is 24.3 Å². The second-order valence-electron chi connectivity index (χ2n) is 24.6. The SMILES string of the molecule is CCCCCCCCCCCCCCCCC(O)C(CO)NC(=O)CCCCCCCCCCCCCCCCCCC/C=C\C/C=C\CCCCCCCCCCCCCOC(=O)CCCCCCCCCCCCCC. The number of amides is 1. The van der Waals surface area contributed by atoms with Gasteiger partial charge in [-0.2, -0.15) is 0 Å². The summed E-state index contributed by atoms with van der Waals surface area (Å²) in [7, 11) is 0. The molecule has 1 amide bonds. The molecule has 462 valence electrons. The lowest BCUT2D eigenvalue weighted by molar-refractivity contribution is -0.143. The van der Waals surface area contributed by atoms with E-state index in [1.165, 1.54) is 321 Å². The quantitative estimate of drug-likeness (QED) is 0.0320. The zero-order chi connectivity index (χ0) is 56.4. The number of unbranched alkanes of at least 4 members (excludes halogenated alkanes) is 52. The maximum Gasteiger partial charge on any atom is 0.305 e. The van der Waals surface area contributed by atoms with Crippen LogP contribution in [0.25, 0.3) is 0 Å². The molecule has 0 heterocycles. The molecular formula is C72H139NO5. The van der Waals surface area contributed by atoms with Crippen LogP contribution in [0.4, 0.5) is 0 Å². The fraction of sp³-hybridized carbons (Fsp3) is 0.917. The Labute approximate surface area is 488 Å². The van der Waals surface area contributed by atoms with Crippen molar-refractivity contribution in [3.8, 4) is 0 Å². The van der Waals surface area contributed by atoms with Crippen molar-refractivity contribution in [1.82, 2.24) is 5.32 Å². The lowest BCUT2D eigenvalue weighted by Gasteiger charge is -2.22. The van der Waals surface area contributed by atoms with Gasteiger partial charge in [0.25, 0.3) is 0 Å². The first-order valence-corrected chi connectivity index (χ1v) is 35.6. The minimum atomic E-state index is -0.662. The molecule has 0 saturated heterocycles. The summed E-state index contributed by atoms with van der Waals surface area (Å²) in [6.45, 7) is 4.98. The maximum absolute atomic E-state index is 12.5. The van der Waals surface area contributed by atoms with Crippen molar-refractivity contribution in [1.29, 1.82) is 0 Å². The number of nitrogens with one attached hydrogen (secondary N) is 1. The van der Waals surface area contributed by atoms with Crippen molar-refractivity contribution >= 4 is 11.9 Å². The Hall–Kier alpha value is -1.66. The summed E-state index contributed by atoms with van der Waals surface area (Å²) < 4.78 is 5.48. The molecule has 0 rings (SSSR count). The molecule has 0 aliphatic carbocycles. The van der Waals surface area contributed by atoms with E-state index >= 15 is 0 Å². The molecule has 0 aliphatic heterocycles. The van der Waals surface area contributed by atoms with E-state index in [4.69, 9.17) is 4.74 Å². The zero-order valence-electron chi connectivity index (χ0n) is 52.9. The molecule has 0 bridgehead atoms. The van der Waals surface area contributed by atoms with Crippen molar-refractivity contribution < 1.29 is 24.5 Å². The number of carbonyl (C=O) groups is 2. The number of carbonyl (C=O) groups excluding carboxylic acids is 2. The number of esters is 1. The molecule has 6 heteroatoms. The van der Waals surface area contributed by atoms with Crippen LogP contribution in [0.3, 0.4) is 0 Å². The molecule has 0 spiro atoms. The molecule has 6 nitrogen and oxygen atoms in total. The van der Waals surface area contributed by atoms with E-state index in [0.29, 0.717) is 25.9 Å². The summed E-state index contributed by atoms with van der Waals surface area (Å²) in [5.74, 6) is -0.0120. The zero-order valence-corrected chi connectivity index (χ0v) is 52.9. The second kappa shape index (κ2) is 67.8. The van der Waals surface area contributed by atoms with Crippen LogP contribution < -0.4 is 5.32 Å². The van der Waals surface area contributed by atoms with E-state index in [1.54, 1.807) is 0 Å². The number of hydrogen-bond donors (Lipinski definition) is 3. The van der Waals surface area contributed by atoms with E-state index in [9.17, 15) is 19.8 Å². The number of rotatable bonds is 67. The topological polar surface area (TPSA) is 95.9 Å². The van der Waals surface area contributed by atoms with Crippen LogP contribution in [0.2, 0.25) is 0 Å². The van der Waals surface area contributed by atoms with E-state index in [-0.39, 0.29) is 18.5 Å². The third-order valence-corrected chi connectivity index (χ3v) is 16.8. The molecule has 0 aromatic heterocycles. The fourth-order valence-corrected chi connectivity index (χ4v) is 11.3. The Bertz CT molecular complexity index is 1220. The van der Waals surface area contributed by atoms with Gasteiger partial charge in [-0.3, -0.25) is 9.59 Å². The van der Waals surface area contributed by atoms with Crippen molar-refractivity contribution in [2.75, 3.05) is 13.2 Å². The predicted octanol–water partition coefficient (Wildman–Crippen LogP) is 22.9. The molecule has 78 heavy (non-hydrogen) atoms. The first-order valence-electron chi connectivity index (χ1n) is 35.6. The van der Waals surface area contributed by atoms with E-state index < -0.39 is 12.1 Å². The Kier molecular flexibility index (Phi) is 66.4. The molecule has 0 aromatic carbocycles. The third kappa shape index (κ3) is 63.5. The van der Waals surface area contributed by atoms with Crippen LogP contribution in [0, 0.1) is 0 Å². The Morgan fingerprint density at radius 2 is 0.641 bits per heavy atom. The number of ether oxygens (including phenoxy) is 1. The molecule has 0 fully saturated rings. The molecule has 3 N–H and O–H groups in total. The van der Waals surface area contributed by atoms with E-state index in [2.05, 4.69) is 43.5 Å². The summed E-state index contributed by atoms with van der Waals surface area (Å²) in [5, 5.41) is 23.3. The van der Waals surface area contributed by atoms with Crippen molar-refractivity contribution in [2.24, 2.45) is 0 Å². The van der Waals surface area contributed by atoms with Crippen LogP contribution >= 0.6 is 0 Å². The molecule has 0 radical (unpaired) electrons. The summed E-state index contributed by atoms with van der Waals surface area (Å²) in [6.07, 6.45) is 85.3. The van der Waals surface area contributed by atoms with E-state index in [1.807, 2.05) is 0 Å². The Morgan fingerprint density at radius 3 is 0.974 bits per heavy atom. The van der Waals surface area contributed by atoms with Crippen LogP contribution in [0.5, 0.6) is 0 Å². The van der Waals surface area contributed by atoms with Gasteiger partial charge < -0.3 is 20.3 Å². The maximum atomic E-state index is 12.5. The number of aliphatic hydroxyl groups excluding tert-OH is 2. The van der Waals surface area contributed by atoms with Crippen LogP contribution in [-0.2, 0) is 14.3 Å². The monoisotopic (exact) mass is 1100 g/mol. The molecular weight excluding hydrogens is 959 g/mol. The van der Waals surface area contributed by atoms with Gasteiger partial charge in [0.05, 0.1) is 25.4 Å². The largest absolute Gasteiger partial charge is 0.466 e. The van der Waals surface area contributed by atoms with Gasteiger partial charge >= 0.3 is 5.97 Å². The average Bonchev–Trinajstić information content (AvgIpc) is 3.44. The highest BCUT2D eigenvalue weighted by atomic mass is 16.5. The lowest BCUT2D eigenvalue weighted by atomic mass is 10.0. The second-order valence-corrected chi connectivity index (χ2v) is 24.6. The normalized spacial score (nSPS) is 12.6. The van der Waals surface area contributed by atoms with Gasteiger partial charge in [-0.05, 0) is 57.8 Å². The van der Waals surface area contributed by atoms with Gasteiger partial charge in [0, 0.05) is 12.8 Å². The van der Waals surface area contributed by atoms with Gasteiger partial charge in [-0.1, -0.05) is 353 Å². The molecule has 0 aliphatic rings. The summed E-state index contributed by atoms with van der Waals surface area (Å²) in [5.41, 5.74) is 0. The van der Waals surface area contributed by atoms with Gasteiger partial charge in [-0.15, -0.1) is 0 Å². The summed E-state index contributed by atoms with van der Waals surface area (Å²) in [4.78, 5) is 24.5. The molecule has 2 unspecified atom stereocenters. The molecule has 2 atom stereocenters. The Balaban J connectivity index is 3.36. The average molecular weight is 1100 g/mol. The Morgan fingerprint density at radius 1 is 0.359 bits per heavy atom. The molecule has 0 saturated carbocycles. The minimum absolute atomic E-state index is 0.0180. The van der Waals surface area contributed by atoms with Crippen LogP contribution in [0.1, 0.15) is 399 Å². The first-order chi connectivity index (χ1) is 38.5. The highest BCUT2D eigenvalue weighted by Gasteiger charge is 2.20. The van der Waals surface area contributed by atoms with E-state index in [0.717, 1.165) is 44.9 Å². The van der Waals surface area contributed by atoms with Gasteiger partial charge in [0.1, 0.15) is 0 Å². The van der Waals surface area contributed by atoms with Gasteiger partial charge in [-0.25, -0.2) is 0 Å². The minimum Gasteiger partial charge on any atom is -0.466 e. The number of allylic oxidation sites excluding steroid dienone is 4. The first kappa shape index (κ1) is 76.3. The third-order valence-electron chi connectivity index (χ3n) is 16.8. The van der Waals surface area contributed by atoms with Crippen molar-refractivity contribution in [3.05, 3.63) is 24.3 Å². The highest BCUT2D eigenvalue weighted by Crippen LogP contribution is 2.19. The lowest BCUT2D eigenvalue weighted by Crippen LogP contribution is -2.45. The van der Waals surface area contributed by atoms with Gasteiger partial charge in [0.15, 0.2) is 0 Å². The standard InChI is InChI=1S/C72H139NO5/c1-3-5-7-9-11-13-15-17-41-44-48-52-56-60-64-70(75)69(68-74)73-71(76)65-61-57-53-49-45-42-39-37-35-33-31-29-27-25-23-21-19-18-20-22-24-26-28-30-32-34-36-38-40-43-47-51-55-59-63-67-78-72(77)66-62-58-54-50-46-16-14-12-10-8-6-4-2/h20,22,26,28,69-70,74-75H,3-19,21,23-25,27,29-68H2,1-2H3,(H,73,76)/b22-20-,28-26-. The van der Waals surface area contributed by atoms with Gasteiger partial charge in [0.2, 0.25) is 5.91 Å². The fourth-order valence-electron chi connectivity index (χ4n) is 11.3. The predicted molar refractivity (Wildman–Crippen MR) is 343 cm³/mol. The summed E-state index contributed by atoms with van der Waals surface area (Å²) >= 11 is 0. The number of aliphatic hydroxyl groups is 2. The summed E-state index contributed by atoms with van der Waals surface area (Å²) in [6, 6.07) is -0.539.